The third kappa shape index (κ3) is 5.63. The molecule has 33 heavy (non-hydrogen) atoms. The molecule has 0 spiro atoms. The number of likely N-dealkylation sites (tertiary alicyclic amines) is 1. The van der Waals surface area contributed by atoms with E-state index in [1.165, 1.54) is 0 Å². The molecule has 2 aromatic rings. The number of pyridine rings is 1. The third-order valence-electron chi connectivity index (χ3n) is 6.16. The molecule has 8 nitrogen and oxygen atoms in total. The highest BCUT2D eigenvalue weighted by Crippen LogP contribution is 2.32. The van der Waals surface area contributed by atoms with Crippen LogP contribution < -0.4 is 9.47 Å². The zero-order valence-electron chi connectivity index (χ0n) is 18.8. The third-order valence-corrected chi connectivity index (χ3v) is 6.16. The van der Waals surface area contributed by atoms with Gasteiger partial charge >= 0.3 is 0 Å². The predicted molar refractivity (Wildman–Crippen MR) is 122 cm³/mol. The van der Waals surface area contributed by atoms with Crippen LogP contribution in [0.5, 0.6) is 17.4 Å². The first-order valence-electron chi connectivity index (χ1n) is 11.7. The van der Waals surface area contributed by atoms with E-state index in [-0.39, 0.29) is 36.9 Å². The number of benzene rings is 1. The average Bonchev–Trinajstić information content (AvgIpc) is 3.32. The van der Waals surface area contributed by atoms with Gasteiger partial charge in [0, 0.05) is 19.3 Å². The lowest BCUT2D eigenvalue weighted by molar-refractivity contribution is -0.133. The van der Waals surface area contributed by atoms with Gasteiger partial charge in [-0.15, -0.1) is 0 Å². The highest BCUT2D eigenvalue weighted by atomic mass is 16.5. The molecule has 0 saturated carbocycles. The van der Waals surface area contributed by atoms with E-state index in [9.17, 15) is 14.7 Å². The van der Waals surface area contributed by atoms with Crippen molar-refractivity contribution in [2.75, 3.05) is 32.8 Å². The minimum Gasteiger partial charge on any atom is -0.490 e. The van der Waals surface area contributed by atoms with Gasteiger partial charge < -0.3 is 24.4 Å². The fourth-order valence-corrected chi connectivity index (χ4v) is 4.36. The highest BCUT2D eigenvalue weighted by molar-refractivity contribution is 5.98. The largest absolute Gasteiger partial charge is 0.490 e. The number of rotatable bonds is 3. The molecule has 1 unspecified atom stereocenters. The van der Waals surface area contributed by atoms with Crippen molar-refractivity contribution in [2.24, 2.45) is 0 Å². The number of hydrogen-bond donors (Lipinski definition) is 1. The molecule has 1 atom stereocenters. The Bertz CT molecular complexity index is 967. The highest BCUT2D eigenvalue weighted by Gasteiger charge is 2.31. The zero-order valence-corrected chi connectivity index (χ0v) is 18.8. The van der Waals surface area contributed by atoms with E-state index >= 15 is 0 Å². The summed E-state index contributed by atoms with van der Waals surface area (Å²) in [5, 5.41) is 9.60. The Labute approximate surface area is 194 Å². The number of ether oxygens (including phenoxy) is 2. The average molecular weight is 454 g/mol. The first kappa shape index (κ1) is 23.0. The normalized spacial score (nSPS) is 19.7. The quantitative estimate of drug-likeness (QED) is 0.767. The number of hydrogen-bond acceptors (Lipinski definition) is 6. The van der Waals surface area contributed by atoms with Crippen molar-refractivity contribution in [3.05, 3.63) is 48.2 Å². The van der Waals surface area contributed by atoms with E-state index < -0.39 is 0 Å². The van der Waals surface area contributed by atoms with Gasteiger partial charge in [-0.1, -0.05) is 25.0 Å². The molecular weight excluding hydrogens is 422 g/mol. The van der Waals surface area contributed by atoms with Crippen LogP contribution >= 0.6 is 0 Å². The molecule has 176 valence electrons. The van der Waals surface area contributed by atoms with E-state index in [0.29, 0.717) is 36.8 Å². The first-order chi connectivity index (χ1) is 16.2. The molecular formula is C25H31N3O5. The van der Waals surface area contributed by atoms with Gasteiger partial charge in [-0.05, 0) is 49.9 Å². The number of amides is 2. The van der Waals surface area contributed by atoms with Gasteiger partial charge in [-0.3, -0.25) is 9.59 Å². The summed E-state index contributed by atoms with van der Waals surface area (Å²) in [6.07, 6.45) is 6.81. The van der Waals surface area contributed by atoms with E-state index in [4.69, 9.17) is 9.47 Å². The zero-order chi connectivity index (χ0) is 23.0. The van der Waals surface area contributed by atoms with Crippen LogP contribution in [0.15, 0.2) is 42.6 Å². The maximum atomic E-state index is 13.6. The van der Waals surface area contributed by atoms with Gasteiger partial charge in [0.05, 0.1) is 19.3 Å². The number of nitrogens with zero attached hydrogens (tertiary/aromatic N) is 3. The molecule has 2 aliphatic heterocycles. The monoisotopic (exact) mass is 453 g/mol. The first-order valence-corrected chi connectivity index (χ1v) is 11.7. The van der Waals surface area contributed by atoms with Crippen LogP contribution in [0.3, 0.4) is 0 Å². The molecule has 4 rings (SSSR count). The van der Waals surface area contributed by atoms with Crippen molar-refractivity contribution in [3.63, 3.8) is 0 Å². The number of para-hydroxylation sites is 2. The van der Waals surface area contributed by atoms with E-state index in [0.717, 1.165) is 38.5 Å². The molecule has 0 aliphatic carbocycles. The van der Waals surface area contributed by atoms with E-state index in [2.05, 4.69) is 4.98 Å². The summed E-state index contributed by atoms with van der Waals surface area (Å²) in [7, 11) is 0. The number of aliphatic hydroxyl groups is 1. The lowest BCUT2D eigenvalue weighted by atomic mass is 10.1. The molecule has 1 aromatic heterocycles. The van der Waals surface area contributed by atoms with Crippen molar-refractivity contribution in [1.82, 2.24) is 14.8 Å². The van der Waals surface area contributed by atoms with Crippen LogP contribution in [0.25, 0.3) is 0 Å². The Kier molecular flexibility index (Phi) is 7.78. The number of aliphatic hydroxyl groups excluding tert-OH is 1. The Morgan fingerprint density at radius 1 is 1.03 bits per heavy atom. The summed E-state index contributed by atoms with van der Waals surface area (Å²) in [5.74, 6) is 0.859. The second kappa shape index (κ2) is 11.1. The SMILES string of the molecule is O=C1c2cccnc2Oc2ccccc2OCCCCCCN1CC(=O)N1CCCC1CO. The maximum absolute atomic E-state index is 13.6. The van der Waals surface area contributed by atoms with Gasteiger partial charge in [0.1, 0.15) is 12.1 Å². The Hall–Kier alpha value is -3.13. The van der Waals surface area contributed by atoms with Gasteiger partial charge in [-0.2, -0.15) is 0 Å². The maximum Gasteiger partial charge on any atom is 0.259 e. The predicted octanol–water partition coefficient (Wildman–Crippen LogP) is 3.25. The summed E-state index contributed by atoms with van der Waals surface area (Å²) in [5.41, 5.74) is 0.303. The summed E-state index contributed by atoms with van der Waals surface area (Å²) in [6.45, 7) is 1.58. The van der Waals surface area contributed by atoms with Crippen LogP contribution in [-0.4, -0.2) is 70.6 Å². The van der Waals surface area contributed by atoms with E-state index in [1.807, 2.05) is 18.2 Å². The topological polar surface area (TPSA) is 92.2 Å². The Morgan fingerprint density at radius 2 is 1.85 bits per heavy atom. The van der Waals surface area contributed by atoms with Gasteiger partial charge in [0.25, 0.3) is 5.91 Å². The van der Waals surface area contributed by atoms with Gasteiger partial charge in [0.2, 0.25) is 11.8 Å². The van der Waals surface area contributed by atoms with Crippen LogP contribution in [0, 0.1) is 0 Å². The molecule has 0 bridgehead atoms. The van der Waals surface area contributed by atoms with Crippen LogP contribution in [0.1, 0.15) is 48.9 Å². The van der Waals surface area contributed by atoms with Crippen LogP contribution in [-0.2, 0) is 4.79 Å². The molecule has 2 aliphatic rings. The van der Waals surface area contributed by atoms with Gasteiger partial charge in [0.15, 0.2) is 11.5 Å². The van der Waals surface area contributed by atoms with Crippen molar-refractivity contribution >= 4 is 11.8 Å². The number of carbonyl (C=O) groups is 2. The lowest BCUT2D eigenvalue weighted by Gasteiger charge is -2.28. The fourth-order valence-electron chi connectivity index (χ4n) is 4.36. The summed E-state index contributed by atoms with van der Waals surface area (Å²) < 4.78 is 11.9. The van der Waals surface area contributed by atoms with Gasteiger partial charge in [-0.25, -0.2) is 4.98 Å². The lowest BCUT2D eigenvalue weighted by Crippen LogP contribution is -2.46. The van der Waals surface area contributed by atoms with Crippen molar-refractivity contribution in [3.8, 4) is 17.4 Å². The smallest absolute Gasteiger partial charge is 0.259 e. The number of carbonyl (C=O) groups excluding carboxylic acids is 2. The van der Waals surface area contributed by atoms with Crippen LogP contribution in [0.2, 0.25) is 0 Å². The Morgan fingerprint density at radius 3 is 2.70 bits per heavy atom. The molecule has 1 fully saturated rings. The summed E-state index contributed by atoms with van der Waals surface area (Å²) in [4.78, 5) is 34.2. The molecule has 1 aromatic carbocycles. The van der Waals surface area contributed by atoms with Crippen molar-refractivity contribution in [2.45, 2.75) is 44.6 Å². The molecule has 3 heterocycles. The number of aromatic nitrogens is 1. The summed E-state index contributed by atoms with van der Waals surface area (Å²) >= 11 is 0. The summed E-state index contributed by atoms with van der Waals surface area (Å²) in [6, 6.07) is 10.5. The Balaban J connectivity index is 1.61. The molecule has 1 saturated heterocycles. The number of fused-ring (bicyclic) bond motifs is 2. The molecule has 2 amide bonds. The standard InChI is InChI=1S/C25H31N3O5/c29-18-19-9-8-15-28(19)23(30)17-27-14-5-1-2-6-16-32-21-11-3-4-12-22(21)33-24-20(25(27)31)10-7-13-26-24/h3-4,7,10-13,19,29H,1-2,5-6,8-9,14-18H2. The minimum atomic E-state index is -0.290. The molecule has 1 N–H and O–H groups in total. The second-order valence-corrected chi connectivity index (χ2v) is 8.46. The minimum absolute atomic E-state index is 0.0244. The van der Waals surface area contributed by atoms with Crippen molar-refractivity contribution < 1.29 is 24.2 Å². The van der Waals surface area contributed by atoms with Crippen LogP contribution in [0.4, 0.5) is 0 Å². The fraction of sp³-hybridized carbons (Fsp3) is 0.480. The molecule has 8 heteroatoms. The second-order valence-electron chi connectivity index (χ2n) is 8.46. The van der Waals surface area contributed by atoms with Crippen molar-refractivity contribution in [1.29, 1.82) is 0 Å². The molecule has 0 radical (unpaired) electrons. The van der Waals surface area contributed by atoms with E-state index in [1.54, 1.807) is 34.2 Å².